The Balaban J connectivity index is 1.92. The number of rotatable bonds is 8. The van der Waals surface area contributed by atoms with Gasteiger partial charge in [-0.05, 0) is 24.6 Å². The van der Waals surface area contributed by atoms with E-state index in [0.717, 1.165) is 24.2 Å². The van der Waals surface area contributed by atoms with E-state index in [0.29, 0.717) is 42.4 Å². The Morgan fingerprint density at radius 3 is 2.22 bits per heavy atom. The molecule has 0 unspecified atom stereocenters. The van der Waals surface area contributed by atoms with Crippen molar-refractivity contribution in [2.75, 3.05) is 54.1 Å². The molecule has 0 aliphatic carbocycles. The molecule has 1 aliphatic heterocycles. The molecule has 0 saturated carbocycles. The normalized spacial score (nSPS) is 13.4. The van der Waals surface area contributed by atoms with Crippen LogP contribution in [0.15, 0.2) is 36.4 Å². The Hall–Kier alpha value is -3.26. The van der Waals surface area contributed by atoms with Crippen LogP contribution >= 0.6 is 0 Å². The summed E-state index contributed by atoms with van der Waals surface area (Å²) in [5.41, 5.74) is 2.41. The summed E-state index contributed by atoms with van der Waals surface area (Å²) in [7, 11) is 4.52. The molecule has 1 aliphatic rings. The van der Waals surface area contributed by atoms with Crippen LogP contribution in [0.2, 0.25) is 0 Å². The lowest BCUT2D eigenvalue weighted by atomic mass is 10.1. The second-order valence-electron chi connectivity index (χ2n) is 7.70. The second-order valence-corrected chi connectivity index (χ2v) is 7.70. The third kappa shape index (κ3) is 5.50. The van der Waals surface area contributed by atoms with Gasteiger partial charge in [0.15, 0.2) is 11.5 Å². The first-order valence-corrected chi connectivity index (χ1v) is 10.6. The highest BCUT2D eigenvalue weighted by atomic mass is 16.5. The van der Waals surface area contributed by atoms with Gasteiger partial charge in [0.05, 0.1) is 21.3 Å². The summed E-state index contributed by atoms with van der Waals surface area (Å²) in [6.07, 6.45) is 0. The van der Waals surface area contributed by atoms with Crippen molar-refractivity contribution < 1.29 is 23.8 Å². The van der Waals surface area contributed by atoms with Crippen LogP contribution < -0.4 is 19.5 Å². The summed E-state index contributed by atoms with van der Waals surface area (Å²) in [6, 6.07) is 11.2. The molecule has 2 aromatic carbocycles. The molecular weight excluding hydrogens is 410 g/mol. The van der Waals surface area contributed by atoms with Crippen LogP contribution in [0, 0.1) is 6.92 Å². The third-order valence-electron chi connectivity index (χ3n) is 5.45. The molecule has 2 amide bonds. The van der Waals surface area contributed by atoms with E-state index in [4.69, 9.17) is 14.2 Å². The molecule has 1 heterocycles. The van der Waals surface area contributed by atoms with Gasteiger partial charge in [-0.1, -0.05) is 29.8 Å². The summed E-state index contributed by atoms with van der Waals surface area (Å²) < 4.78 is 16.2. The maximum Gasteiger partial charge on any atom is 0.254 e. The highest BCUT2D eigenvalue weighted by Crippen LogP contribution is 2.38. The average molecular weight is 442 g/mol. The van der Waals surface area contributed by atoms with Crippen LogP contribution in [0.4, 0.5) is 0 Å². The first-order chi connectivity index (χ1) is 15.5. The number of carbonyl (C=O) groups is 2. The molecule has 1 fully saturated rings. The number of methoxy groups -OCH3 is 3. The van der Waals surface area contributed by atoms with E-state index in [9.17, 15) is 9.59 Å². The summed E-state index contributed by atoms with van der Waals surface area (Å²) >= 11 is 0. The van der Waals surface area contributed by atoms with Gasteiger partial charge in [-0.15, -0.1) is 0 Å². The number of hydrogen-bond acceptors (Lipinski definition) is 6. The molecule has 0 spiro atoms. The van der Waals surface area contributed by atoms with Gasteiger partial charge in [0.2, 0.25) is 11.7 Å². The molecular formula is C24H31N3O5. The molecule has 1 saturated heterocycles. The van der Waals surface area contributed by atoms with Crippen LogP contribution in [-0.4, -0.2) is 75.7 Å². The first-order valence-electron chi connectivity index (χ1n) is 10.6. The maximum atomic E-state index is 13.6. The lowest BCUT2D eigenvalue weighted by molar-refractivity contribution is -0.132. The van der Waals surface area contributed by atoms with Crippen LogP contribution in [-0.2, 0) is 11.3 Å². The maximum absolute atomic E-state index is 13.6. The quantitative estimate of drug-likeness (QED) is 0.676. The number of carbonyl (C=O) groups excluding carboxylic acids is 2. The van der Waals surface area contributed by atoms with E-state index in [1.54, 1.807) is 21.9 Å². The number of hydrogen-bond donors (Lipinski definition) is 1. The minimum Gasteiger partial charge on any atom is -0.493 e. The summed E-state index contributed by atoms with van der Waals surface area (Å²) in [5.74, 6) is 0.834. The number of ether oxygens (including phenoxy) is 3. The molecule has 0 bridgehead atoms. The van der Waals surface area contributed by atoms with E-state index in [1.807, 2.05) is 31.2 Å². The van der Waals surface area contributed by atoms with Crippen LogP contribution in [0.3, 0.4) is 0 Å². The summed E-state index contributed by atoms with van der Waals surface area (Å²) in [5, 5.41) is 3.24. The van der Waals surface area contributed by atoms with Crippen molar-refractivity contribution in [3.8, 4) is 17.2 Å². The van der Waals surface area contributed by atoms with E-state index in [-0.39, 0.29) is 18.4 Å². The van der Waals surface area contributed by atoms with Crippen molar-refractivity contribution in [3.05, 3.63) is 53.1 Å². The molecule has 1 N–H and O–H groups in total. The minimum absolute atomic E-state index is 0.0105. The van der Waals surface area contributed by atoms with E-state index >= 15 is 0 Å². The summed E-state index contributed by atoms with van der Waals surface area (Å²) in [4.78, 5) is 29.9. The van der Waals surface area contributed by atoms with Crippen molar-refractivity contribution in [3.63, 3.8) is 0 Å². The van der Waals surface area contributed by atoms with Gasteiger partial charge in [-0.2, -0.15) is 0 Å². The highest BCUT2D eigenvalue weighted by Gasteiger charge is 2.25. The largest absolute Gasteiger partial charge is 0.493 e. The molecule has 0 radical (unpaired) electrons. The number of benzene rings is 2. The predicted octanol–water partition coefficient (Wildman–Crippen LogP) is 2.10. The molecule has 2 aromatic rings. The smallest absolute Gasteiger partial charge is 0.254 e. The number of nitrogens with zero attached hydrogens (tertiary/aromatic N) is 2. The number of amides is 2. The lowest BCUT2D eigenvalue weighted by Crippen LogP contribution is -2.50. The average Bonchev–Trinajstić information content (AvgIpc) is 2.82. The van der Waals surface area contributed by atoms with Gasteiger partial charge in [0.25, 0.3) is 5.91 Å². The van der Waals surface area contributed by atoms with Gasteiger partial charge in [0.1, 0.15) is 6.54 Å². The third-order valence-corrected chi connectivity index (χ3v) is 5.45. The zero-order chi connectivity index (χ0) is 23.1. The molecule has 172 valence electrons. The molecule has 32 heavy (non-hydrogen) atoms. The SMILES string of the molecule is COc1cc(C(=O)N(CC(=O)N2CCNCC2)Cc2cccc(C)c2)cc(OC)c1OC. The molecule has 8 nitrogen and oxygen atoms in total. The monoisotopic (exact) mass is 441 g/mol. The second kappa shape index (κ2) is 10.9. The number of piperazine rings is 1. The van der Waals surface area contributed by atoms with Crippen molar-refractivity contribution >= 4 is 11.8 Å². The van der Waals surface area contributed by atoms with Crippen molar-refractivity contribution in [2.45, 2.75) is 13.5 Å². The topological polar surface area (TPSA) is 80.3 Å². The first kappa shape index (κ1) is 23.4. The Morgan fingerprint density at radius 1 is 1.00 bits per heavy atom. The molecule has 0 atom stereocenters. The number of nitrogens with one attached hydrogen (secondary N) is 1. The molecule has 3 rings (SSSR count). The Bertz CT molecular complexity index is 931. The zero-order valence-electron chi connectivity index (χ0n) is 19.1. The van der Waals surface area contributed by atoms with Crippen molar-refractivity contribution in [1.82, 2.24) is 15.1 Å². The summed E-state index contributed by atoms with van der Waals surface area (Å²) in [6.45, 7) is 5.08. The van der Waals surface area contributed by atoms with Gasteiger partial charge in [-0.25, -0.2) is 0 Å². The number of aryl methyl sites for hydroxylation is 1. The van der Waals surface area contributed by atoms with Gasteiger partial charge in [0, 0.05) is 38.3 Å². The standard InChI is InChI=1S/C24H31N3O5/c1-17-6-5-7-18(12-17)15-27(16-22(28)26-10-8-25-9-11-26)24(29)19-13-20(30-2)23(32-4)21(14-19)31-3/h5-7,12-14,25H,8-11,15-16H2,1-4H3. The van der Waals surface area contributed by atoms with Gasteiger partial charge in [-0.3, -0.25) is 9.59 Å². The highest BCUT2D eigenvalue weighted by molar-refractivity contribution is 5.97. The fraction of sp³-hybridized carbons (Fsp3) is 0.417. The Kier molecular flexibility index (Phi) is 7.94. The van der Waals surface area contributed by atoms with Crippen LogP contribution in [0.1, 0.15) is 21.5 Å². The van der Waals surface area contributed by atoms with E-state index in [2.05, 4.69) is 5.32 Å². The predicted molar refractivity (Wildman–Crippen MR) is 121 cm³/mol. The van der Waals surface area contributed by atoms with Crippen molar-refractivity contribution in [2.24, 2.45) is 0 Å². The zero-order valence-corrected chi connectivity index (χ0v) is 19.1. The van der Waals surface area contributed by atoms with E-state index < -0.39 is 0 Å². The minimum atomic E-state index is -0.283. The molecule has 0 aromatic heterocycles. The van der Waals surface area contributed by atoms with Gasteiger partial charge < -0.3 is 29.3 Å². The van der Waals surface area contributed by atoms with Crippen LogP contribution in [0.25, 0.3) is 0 Å². The van der Waals surface area contributed by atoms with Crippen molar-refractivity contribution in [1.29, 1.82) is 0 Å². The Morgan fingerprint density at radius 2 is 1.66 bits per heavy atom. The fourth-order valence-corrected chi connectivity index (χ4v) is 3.80. The Labute approximate surface area is 189 Å². The van der Waals surface area contributed by atoms with E-state index in [1.165, 1.54) is 21.3 Å². The fourth-order valence-electron chi connectivity index (χ4n) is 3.80. The lowest BCUT2D eigenvalue weighted by Gasteiger charge is -2.30. The van der Waals surface area contributed by atoms with Gasteiger partial charge >= 0.3 is 0 Å². The van der Waals surface area contributed by atoms with Crippen LogP contribution in [0.5, 0.6) is 17.2 Å². The molecule has 8 heteroatoms.